The molecule has 1 aromatic rings. The van der Waals surface area contributed by atoms with Gasteiger partial charge in [-0.2, -0.15) is 0 Å². The van der Waals surface area contributed by atoms with Crippen LogP contribution in [-0.4, -0.2) is 25.9 Å². The Morgan fingerprint density at radius 1 is 1.32 bits per heavy atom. The number of ether oxygens (including phenoxy) is 1. The van der Waals surface area contributed by atoms with Gasteiger partial charge in [0.25, 0.3) is 0 Å². The molecule has 1 rings (SSSR count). The molecule has 2 N–H and O–H groups in total. The van der Waals surface area contributed by atoms with Crippen molar-refractivity contribution in [3.63, 3.8) is 0 Å². The van der Waals surface area contributed by atoms with Crippen LogP contribution in [0.2, 0.25) is 0 Å². The van der Waals surface area contributed by atoms with Gasteiger partial charge in [-0.25, -0.2) is 0 Å². The zero-order valence-electron chi connectivity index (χ0n) is 12.7. The lowest BCUT2D eigenvalue weighted by atomic mass is 9.84. The Labute approximate surface area is 117 Å². The molecule has 2 unspecified atom stereocenters. The number of methoxy groups -OCH3 is 1. The van der Waals surface area contributed by atoms with Crippen LogP contribution in [-0.2, 0) is 6.42 Å². The van der Waals surface area contributed by atoms with E-state index in [1.807, 2.05) is 13.1 Å². The number of rotatable bonds is 7. The van der Waals surface area contributed by atoms with Crippen LogP contribution in [0.4, 0.5) is 0 Å². The second-order valence-electron chi connectivity index (χ2n) is 5.29. The van der Waals surface area contributed by atoms with Gasteiger partial charge in [-0.1, -0.05) is 32.9 Å². The fourth-order valence-electron chi connectivity index (χ4n) is 2.55. The number of aliphatic hydroxyl groups excluding tert-OH is 1. The Balaban J connectivity index is 3.21. The Bertz CT molecular complexity index is 390. The van der Waals surface area contributed by atoms with E-state index in [0.29, 0.717) is 5.92 Å². The molecular formula is C16H27NO2. The molecule has 3 nitrogen and oxygen atoms in total. The van der Waals surface area contributed by atoms with Crippen LogP contribution < -0.4 is 10.1 Å². The first-order chi connectivity index (χ1) is 9.08. The Kier molecular flexibility index (Phi) is 6.32. The summed E-state index contributed by atoms with van der Waals surface area (Å²) in [6, 6.07) is 6.41. The first-order valence-corrected chi connectivity index (χ1v) is 7.03. The summed E-state index contributed by atoms with van der Waals surface area (Å²) in [5.74, 6) is 1.46. The van der Waals surface area contributed by atoms with Crippen molar-refractivity contribution in [2.75, 3.05) is 20.8 Å². The van der Waals surface area contributed by atoms with E-state index in [1.165, 1.54) is 5.56 Å². The van der Waals surface area contributed by atoms with E-state index in [0.717, 1.165) is 17.7 Å². The molecular weight excluding hydrogens is 238 g/mol. The van der Waals surface area contributed by atoms with Gasteiger partial charge in [-0.3, -0.25) is 0 Å². The predicted molar refractivity (Wildman–Crippen MR) is 79.6 cm³/mol. The molecule has 0 heterocycles. The van der Waals surface area contributed by atoms with E-state index in [-0.39, 0.29) is 18.6 Å². The van der Waals surface area contributed by atoms with Gasteiger partial charge in [-0.15, -0.1) is 0 Å². The average Bonchev–Trinajstić information content (AvgIpc) is 2.43. The first kappa shape index (κ1) is 16.0. The molecule has 0 aliphatic carbocycles. The summed E-state index contributed by atoms with van der Waals surface area (Å²) in [7, 11) is 3.63. The molecule has 1 aromatic carbocycles. The third kappa shape index (κ3) is 3.71. The lowest BCUT2D eigenvalue weighted by molar-refractivity contribution is 0.153. The van der Waals surface area contributed by atoms with Gasteiger partial charge in [0, 0.05) is 24.1 Å². The maximum Gasteiger partial charge on any atom is 0.123 e. The van der Waals surface area contributed by atoms with Gasteiger partial charge in [0.2, 0.25) is 0 Å². The van der Waals surface area contributed by atoms with Gasteiger partial charge >= 0.3 is 0 Å². The number of aryl methyl sites for hydroxylation is 1. The Morgan fingerprint density at radius 3 is 2.42 bits per heavy atom. The molecule has 0 amide bonds. The highest BCUT2D eigenvalue weighted by Gasteiger charge is 2.26. The van der Waals surface area contributed by atoms with E-state index in [9.17, 15) is 5.11 Å². The maximum absolute atomic E-state index is 9.67. The first-order valence-electron chi connectivity index (χ1n) is 7.03. The van der Waals surface area contributed by atoms with Crippen molar-refractivity contribution >= 4 is 0 Å². The highest BCUT2D eigenvalue weighted by molar-refractivity contribution is 5.40. The zero-order valence-corrected chi connectivity index (χ0v) is 12.7. The molecule has 0 radical (unpaired) electrons. The number of aliphatic hydroxyl groups is 1. The molecule has 0 bridgehead atoms. The van der Waals surface area contributed by atoms with Crippen LogP contribution in [0.25, 0.3) is 0 Å². The second kappa shape index (κ2) is 7.51. The molecule has 0 aliphatic heterocycles. The number of hydrogen-bond donors (Lipinski definition) is 2. The van der Waals surface area contributed by atoms with Gasteiger partial charge < -0.3 is 15.2 Å². The normalized spacial score (nSPS) is 14.5. The fourth-order valence-corrected chi connectivity index (χ4v) is 2.55. The number of benzene rings is 1. The van der Waals surface area contributed by atoms with E-state index >= 15 is 0 Å². The van der Waals surface area contributed by atoms with E-state index in [2.05, 4.69) is 38.2 Å². The van der Waals surface area contributed by atoms with Crippen molar-refractivity contribution in [3.05, 3.63) is 29.3 Å². The molecule has 2 atom stereocenters. The van der Waals surface area contributed by atoms with Gasteiger partial charge in [-0.05, 0) is 31.0 Å². The smallest absolute Gasteiger partial charge is 0.123 e. The molecule has 0 saturated carbocycles. The van der Waals surface area contributed by atoms with Crippen LogP contribution >= 0.6 is 0 Å². The summed E-state index contributed by atoms with van der Waals surface area (Å²) in [6.45, 7) is 6.59. The fraction of sp³-hybridized carbons (Fsp3) is 0.625. The molecule has 0 spiro atoms. The summed E-state index contributed by atoms with van der Waals surface area (Å²) in [5, 5.41) is 13.0. The summed E-state index contributed by atoms with van der Waals surface area (Å²) in [5.41, 5.74) is 2.42. The standard InChI is InChI=1S/C16H27NO2/c1-6-12-7-8-15(19-5)13(9-12)16(17-4)14(10-18)11(2)3/h7-9,11,14,16-18H,6,10H2,1-5H3. The van der Waals surface area contributed by atoms with Crippen molar-refractivity contribution in [2.24, 2.45) is 11.8 Å². The van der Waals surface area contributed by atoms with Crippen LogP contribution in [0.15, 0.2) is 18.2 Å². The monoisotopic (exact) mass is 265 g/mol. The van der Waals surface area contributed by atoms with Crippen molar-refractivity contribution in [2.45, 2.75) is 33.2 Å². The zero-order chi connectivity index (χ0) is 14.4. The minimum atomic E-state index is 0.103. The highest BCUT2D eigenvalue weighted by atomic mass is 16.5. The molecule has 0 fully saturated rings. The second-order valence-corrected chi connectivity index (χ2v) is 5.29. The van der Waals surface area contributed by atoms with Crippen molar-refractivity contribution in [3.8, 4) is 5.75 Å². The molecule has 19 heavy (non-hydrogen) atoms. The molecule has 3 heteroatoms. The lowest BCUT2D eigenvalue weighted by Gasteiger charge is -2.30. The van der Waals surface area contributed by atoms with E-state index in [1.54, 1.807) is 7.11 Å². The van der Waals surface area contributed by atoms with Crippen LogP contribution in [0.3, 0.4) is 0 Å². The van der Waals surface area contributed by atoms with Crippen molar-refractivity contribution in [1.82, 2.24) is 5.32 Å². The van der Waals surface area contributed by atoms with Crippen molar-refractivity contribution < 1.29 is 9.84 Å². The molecule has 108 valence electrons. The lowest BCUT2D eigenvalue weighted by Crippen LogP contribution is -2.31. The average molecular weight is 265 g/mol. The Morgan fingerprint density at radius 2 is 2.00 bits per heavy atom. The number of hydrogen-bond acceptors (Lipinski definition) is 3. The summed E-state index contributed by atoms with van der Waals surface area (Å²) >= 11 is 0. The predicted octanol–water partition coefficient (Wildman–Crippen LogP) is 2.78. The third-order valence-corrected chi connectivity index (χ3v) is 3.84. The SMILES string of the molecule is CCc1ccc(OC)c(C(NC)C(CO)C(C)C)c1. The van der Waals surface area contributed by atoms with Crippen molar-refractivity contribution in [1.29, 1.82) is 0 Å². The molecule has 0 aliphatic rings. The summed E-state index contributed by atoms with van der Waals surface area (Å²) in [6.07, 6.45) is 0.999. The minimum absolute atomic E-state index is 0.103. The van der Waals surface area contributed by atoms with Crippen LogP contribution in [0.1, 0.15) is 37.9 Å². The van der Waals surface area contributed by atoms with Gasteiger partial charge in [0.15, 0.2) is 0 Å². The minimum Gasteiger partial charge on any atom is -0.496 e. The summed E-state index contributed by atoms with van der Waals surface area (Å²) in [4.78, 5) is 0. The summed E-state index contributed by atoms with van der Waals surface area (Å²) < 4.78 is 5.48. The van der Waals surface area contributed by atoms with E-state index in [4.69, 9.17) is 4.74 Å². The van der Waals surface area contributed by atoms with Gasteiger partial charge in [0.05, 0.1) is 7.11 Å². The van der Waals surface area contributed by atoms with Crippen LogP contribution in [0.5, 0.6) is 5.75 Å². The third-order valence-electron chi connectivity index (χ3n) is 3.84. The highest BCUT2D eigenvalue weighted by Crippen LogP contribution is 2.34. The number of nitrogens with one attached hydrogen (secondary N) is 1. The molecule has 0 aromatic heterocycles. The molecule has 0 saturated heterocycles. The maximum atomic E-state index is 9.67. The quantitative estimate of drug-likeness (QED) is 0.796. The van der Waals surface area contributed by atoms with E-state index < -0.39 is 0 Å². The largest absolute Gasteiger partial charge is 0.496 e. The van der Waals surface area contributed by atoms with Crippen LogP contribution in [0, 0.1) is 11.8 Å². The Hall–Kier alpha value is -1.06. The van der Waals surface area contributed by atoms with Gasteiger partial charge in [0.1, 0.15) is 5.75 Å². The topological polar surface area (TPSA) is 41.5 Å².